The Hall–Kier alpha value is -2.89. The highest BCUT2D eigenvalue weighted by Gasteiger charge is 2.11. The van der Waals surface area contributed by atoms with Gasteiger partial charge in [-0.3, -0.25) is 4.98 Å². The zero-order valence-electron chi connectivity index (χ0n) is 10.5. The predicted molar refractivity (Wildman–Crippen MR) is 72.9 cm³/mol. The standard InChI is InChI=1S/C14H12N4O2/c15-11-4-3-10(7-12(11)19)14-17-13(18-20-14)6-9-2-1-5-16-8-9/h1-5,7-8,19H,6,15H2. The van der Waals surface area contributed by atoms with Gasteiger partial charge in [-0.2, -0.15) is 4.98 Å². The Morgan fingerprint density at radius 1 is 1.25 bits per heavy atom. The Morgan fingerprint density at radius 2 is 2.15 bits per heavy atom. The minimum Gasteiger partial charge on any atom is -0.506 e. The number of aromatic nitrogens is 3. The summed E-state index contributed by atoms with van der Waals surface area (Å²) in [5.41, 5.74) is 7.49. The average Bonchev–Trinajstić information content (AvgIpc) is 2.91. The van der Waals surface area contributed by atoms with Crippen LogP contribution in [0.1, 0.15) is 11.4 Å². The highest BCUT2D eigenvalue weighted by atomic mass is 16.5. The molecule has 0 spiro atoms. The monoisotopic (exact) mass is 268 g/mol. The van der Waals surface area contributed by atoms with Crippen molar-refractivity contribution >= 4 is 5.69 Å². The fraction of sp³-hybridized carbons (Fsp3) is 0.0714. The van der Waals surface area contributed by atoms with Gasteiger partial charge in [0.1, 0.15) is 5.75 Å². The van der Waals surface area contributed by atoms with E-state index in [0.717, 1.165) is 5.56 Å². The number of nitrogen functional groups attached to an aromatic ring is 1. The van der Waals surface area contributed by atoms with Gasteiger partial charge in [0.25, 0.3) is 5.89 Å². The highest BCUT2D eigenvalue weighted by Crippen LogP contribution is 2.26. The van der Waals surface area contributed by atoms with Crippen LogP contribution in [0, 0.1) is 0 Å². The smallest absolute Gasteiger partial charge is 0.258 e. The number of nitrogens with zero attached hydrogens (tertiary/aromatic N) is 3. The minimum atomic E-state index is -0.00508. The van der Waals surface area contributed by atoms with E-state index in [-0.39, 0.29) is 5.75 Å². The van der Waals surface area contributed by atoms with Crippen molar-refractivity contribution in [2.75, 3.05) is 5.73 Å². The molecule has 20 heavy (non-hydrogen) atoms. The predicted octanol–water partition coefficient (Wildman–Crippen LogP) is 2.01. The van der Waals surface area contributed by atoms with Gasteiger partial charge in [-0.1, -0.05) is 11.2 Å². The van der Waals surface area contributed by atoms with Crippen LogP contribution in [-0.4, -0.2) is 20.2 Å². The Labute approximate surface area is 114 Å². The summed E-state index contributed by atoms with van der Waals surface area (Å²) in [6.45, 7) is 0. The first-order valence-electron chi connectivity index (χ1n) is 6.03. The van der Waals surface area contributed by atoms with Crippen LogP contribution in [0.25, 0.3) is 11.5 Å². The van der Waals surface area contributed by atoms with Crippen molar-refractivity contribution in [1.82, 2.24) is 15.1 Å². The van der Waals surface area contributed by atoms with Gasteiger partial charge in [0.15, 0.2) is 5.82 Å². The molecule has 0 fully saturated rings. The lowest BCUT2D eigenvalue weighted by atomic mass is 10.2. The molecule has 0 radical (unpaired) electrons. The third-order valence-corrected chi connectivity index (χ3v) is 2.83. The summed E-state index contributed by atoms with van der Waals surface area (Å²) < 4.78 is 5.18. The number of nitrogens with two attached hydrogens (primary N) is 1. The Balaban J connectivity index is 1.84. The summed E-state index contributed by atoms with van der Waals surface area (Å²) in [7, 11) is 0. The van der Waals surface area contributed by atoms with E-state index in [1.165, 1.54) is 6.07 Å². The summed E-state index contributed by atoms with van der Waals surface area (Å²) in [4.78, 5) is 8.32. The molecule has 0 amide bonds. The summed E-state index contributed by atoms with van der Waals surface area (Å²) in [6, 6.07) is 8.61. The first kappa shape index (κ1) is 12.2. The first-order chi connectivity index (χ1) is 9.72. The lowest BCUT2D eigenvalue weighted by Crippen LogP contribution is -1.91. The maximum Gasteiger partial charge on any atom is 0.258 e. The second-order valence-electron chi connectivity index (χ2n) is 4.33. The van der Waals surface area contributed by atoms with Crippen LogP contribution in [0.5, 0.6) is 5.75 Å². The fourth-order valence-electron chi connectivity index (χ4n) is 1.80. The van der Waals surface area contributed by atoms with E-state index in [2.05, 4.69) is 15.1 Å². The number of phenols is 1. The molecule has 6 heteroatoms. The van der Waals surface area contributed by atoms with Gasteiger partial charge >= 0.3 is 0 Å². The Bertz CT molecular complexity index is 725. The molecule has 3 rings (SSSR count). The summed E-state index contributed by atoms with van der Waals surface area (Å²) >= 11 is 0. The van der Waals surface area contributed by atoms with Crippen LogP contribution in [0.15, 0.2) is 47.2 Å². The lowest BCUT2D eigenvalue weighted by molar-refractivity contribution is 0.423. The number of aromatic hydroxyl groups is 1. The second-order valence-corrected chi connectivity index (χ2v) is 4.33. The lowest BCUT2D eigenvalue weighted by Gasteiger charge is -1.99. The number of hydrogen-bond acceptors (Lipinski definition) is 6. The van der Waals surface area contributed by atoms with Gasteiger partial charge in [0.2, 0.25) is 0 Å². The largest absolute Gasteiger partial charge is 0.506 e. The molecule has 2 aromatic heterocycles. The third kappa shape index (κ3) is 2.44. The van der Waals surface area contributed by atoms with Crippen LogP contribution in [0.3, 0.4) is 0 Å². The highest BCUT2D eigenvalue weighted by molar-refractivity contribution is 5.63. The molecule has 3 aromatic rings. The maximum atomic E-state index is 9.58. The molecule has 6 nitrogen and oxygen atoms in total. The van der Waals surface area contributed by atoms with Crippen molar-refractivity contribution in [3.63, 3.8) is 0 Å². The van der Waals surface area contributed by atoms with Gasteiger partial charge in [-0.05, 0) is 29.8 Å². The fourth-order valence-corrected chi connectivity index (χ4v) is 1.80. The molecule has 1 aromatic carbocycles. The van der Waals surface area contributed by atoms with Crippen molar-refractivity contribution in [2.45, 2.75) is 6.42 Å². The quantitative estimate of drug-likeness (QED) is 0.557. The van der Waals surface area contributed by atoms with Gasteiger partial charge in [-0.15, -0.1) is 0 Å². The van der Waals surface area contributed by atoms with Crippen LogP contribution < -0.4 is 5.73 Å². The molecular formula is C14H12N4O2. The van der Waals surface area contributed by atoms with Crippen molar-refractivity contribution in [1.29, 1.82) is 0 Å². The third-order valence-electron chi connectivity index (χ3n) is 2.83. The summed E-state index contributed by atoms with van der Waals surface area (Å²) in [5.74, 6) is 0.901. The summed E-state index contributed by atoms with van der Waals surface area (Å²) in [5, 5.41) is 13.5. The van der Waals surface area contributed by atoms with E-state index in [9.17, 15) is 5.11 Å². The molecule has 0 bridgehead atoms. The molecule has 0 aliphatic carbocycles. The zero-order valence-corrected chi connectivity index (χ0v) is 10.5. The van der Waals surface area contributed by atoms with Crippen molar-refractivity contribution in [3.8, 4) is 17.2 Å². The van der Waals surface area contributed by atoms with Crippen molar-refractivity contribution < 1.29 is 9.63 Å². The average molecular weight is 268 g/mol. The van der Waals surface area contributed by atoms with Crippen LogP contribution in [0.2, 0.25) is 0 Å². The number of rotatable bonds is 3. The number of pyridine rings is 1. The molecule has 0 aliphatic rings. The summed E-state index contributed by atoms with van der Waals surface area (Å²) in [6.07, 6.45) is 4.01. The van der Waals surface area contributed by atoms with E-state index in [1.807, 2.05) is 12.1 Å². The Kier molecular flexibility index (Phi) is 3.04. The van der Waals surface area contributed by atoms with E-state index >= 15 is 0 Å². The Morgan fingerprint density at radius 3 is 2.90 bits per heavy atom. The molecule has 0 unspecified atom stereocenters. The molecular weight excluding hydrogens is 256 g/mol. The van der Waals surface area contributed by atoms with Gasteiger partial charge < -0.3 is 15.4 Å². The number of phenolic OH excluding ortho intramolecular Hbond substituents is 1. The molecule has 0 saturated heterocycles. The van der Waals surface area contributed by atoms with Crippen molar-refractivity contribution in [3.05, 3.63) is 54.1 Å². The van der Waals surface area contributed by atoms with Gasteiger partial charge in [0, 0.05) is 24.4 Å². The van der Waals surface area contributed by atoms with Crippen molar-refractivity contribution in [2.24, 2.45) is 0 Å². The van der Waals surface area contributed by atoms with Crippen LogP contribution in [-0.2, 0) is 6.42 Å². The molecule has 3 N–H and O–H groups in total. The normalized spacial score (nSPS) is 10.6. The van der Waals surface area contributed by atoms with E-state index < -0.39 is 0 Å². The number of anilines is 1. The molecule has 100 valence electrons. The number of benzene rings is 1. The van der Waals surface area contributed by atoms with E-state index in [0.29, 0.717) is 29.4 Å². The van der Waals surface area contributed by atoms with Gasteiger partial charge in [-0.25, -0.2) is 0 Å². The topological polar surface area (TPSA) is 98.1 Å². The van der Waals surface area contributed by atoms with E-state index in [1.54, 1.807) is 24.5 Å². The number of hydrogen-bond donors (Lipinski definition) is 2. The minimum absolute atomic E-state index is 0.00508. The second kappa shape index (κ2) is 5.00. The van der Waals surface area contributed by atoms with E-state index in [4.69, 9.17) is 10.3 Å². The van der Waals surface area contributed by atoms with Crippen LogP contribution >= 0.6 is 0 Å². The molecule has 0 saturated carbocycles. The molecule has 0 atom stereocenters. The first-order valence-corrected chi connectivity index (χ1v) is 6.03. The van der Waals surface area contributed by atoms with Crippen LogP contribution in [0.4, 0.5) is 5.69 Å². The zero-order chi connectivity index (χ0) is 13.9. The van der Waals surface area contributed by atoms with Gasteiger partial charge in [0.05, 0.1) is 5.69 Å². The SMILES string of the molecule is Nc1ccc(-c2nc(Cc3cccnc3)no2)cc1O. The maximum absolute atomic E-state index is 9.58. The molecule has 0 aliphatic heterocycles. The molecule has 2 heterocycles.